The first-order chi connectivity index (χ1) is 9.64. The van der Waals surface area contributed by atoms with Gasteiger partial charge < -0.3 is 5.11 Å². The molecule has 1 aliphatic heterocycles. The third-order valence-corrected chi connectivity index (χ3v) is 2.49. The van der Waals surface area contributed by atoms with E-state index in [-0.39, 0.29) is 17.9 Å². The molecular weight excluding hydrogens is 295 g/mol. The van der Waals surface area contributed by atoms with Crippen LogP contribution in [-0.2, 0) is 15.8 Å². The van der Waals surface area contributed by atoms with Crippen molar-refractivity contribution in [2.24, 2.45) is 0 Å². The van der Waals surface area contributed by atoms with Crippen LogP contribution in [0.1, 0.15) is 28.8 Å². The Labute approximate surface area is 116 Å². The quantitative estimate of drug-likeness (QED) is 0.610. The van der Waals surface area contributed by atoms with E-state index in [1.54, 1.807) is 0 Å². The van der Waals surface area contributed by atoms with Crippen molar-refractivity contribution < 1.29 is 37.9 Å². The number of hydroxylamine groups is 2. The van der Waals surface area contributed by atoms with Gasteiger partial charge in [0.15, 0.2) is 0 Å². The Morgan fingerprint density at radius 1 is 1.10 bits per heavy atom. The number of aromatic carboxylic acids is 1. The van der Waals surface area contributed by atoms with Gasteiger partial charge in [-0.3, -0.25) is 14.8 Å². The fraction of sp³-hybridized carbons (Fsp3) is 0.250. The summed E-state index contributed by atoms with van der Waals surface area (Å²) in [5.41, 5.74) is -1.85. The summed E-state index contributed by atoms with van der Waals surface area (Å²) in [5, 5.41) is 17.0. The van der Waals surface area contributed by atoms with Crippen LogP contribution in [0.2, 0.25) is 0 Å². The maximum absolute atomic E-state index is 12.1. The maximum atomic E-state index is 12.1. The lowest BCUT2D eigenvalue weighted by Gasteiger charge is -2.08. The van der Waals surface area contributed by atoms with Gasteiger partial charge in [-0.15, -0.1) is 0 Å². The molecule has 2 N–H and O–H groups in total. The Kier molecular flexibility index (Phi) is 5.03. The number of hydrogen-bond acceptors (Lipinski definition) is 4. The fourth-order valence-corrected chi connectivity index (χ4v) is 1.48. The van der Waals surface area contributed by atoms with E-state index in [1.807, 2.05) is 0 Å². The van der Waals surface area contributed by atoms with Gasteiger partial charge in [0.2, 0.25) is 0 Å². The topological polar surface area (TPSA) is 94.9 Å². The number of hydrogen-bond donors (Lipinski definition) is 2. The van der Waals surface area contributed by atoms with E-state index in [0.717, 1.165) is 18.2 Å². The number of carboxylic acids is 1. The lowest BCUT2D eigenvalue weighted by Crippen LogP contribution is -2.24. The van der Waals surface area contributed by atoms with Gasteiger partial charge >= 0.3 is 12.1 Å². The van der Waals surface area contributed by atoms with E-state index in [4.69, 9.17) is 10.3 Å². The minimum absolute atomic E-state index is 0.148. The smallest absolute Gasteiger partial charge is 0.417 e. The van der Waals surface area contributed by atoms with Gasteiger partial charge in [0.05, 0.1) is 11.1 Å². The van der Waals surface area contributed by atoms with Crippen LogP contribution in [0.25, 0.3) is 0 Å². The van der Waals surface area contributed by atoms with Gasteiger partial charge in [-0.1, -0.05) is 12.1 Å². The molecular formula is C12H10F3NO5. The molecule has 6 nitrogen and oxygen atoms in total. The summed E-state index contributed by atoms with van der Waals surface area (Å²) in [6.45, 7) is 0. The second kappa shape index (κ2) is 6.35. The van der Waals surface area contributed by atoms with Gasteiger partial charge in [-0.05, 0) is 12.1 Å². The van der Waals surface area contributed by atoms with Crippen LogP contribution in [0.4, 0.5) is 13.2 Å². The zero-order valence-corrected chi connectivity index (χ0v) is 10.4. The minimum atomic E-state index is -4.62. The average Bonchev–Trinajstić information content (AvgIpc) is 2.70. The molecule has 114 valence electrons. The van der Waals surface area contributed by atoms with E-state index in [1.165, 1.54) is 6.07 Å². The van der Waals surface area contributed by atoms with E-state index in [2.05, 4.69) is 0 Å². The van der Waals surface area contributed by atoms with Crippen molar-refractivity contribution >= 4 is 17.8 Å². The van der Waals surface area contributed by atoms with Crippen molar-refractivity contribution in [2.75, 3.05) is 0 Å². The van der Waals surface area contributed by atoms with Crippen LogP contribution < -0.4 is 0 Å². The highest BCUT2D eigenvalue weighted by molar-refractivity contribution is 6.00. The Morgan fingerprint density at radius 2 is 1.57 bits per heavy atom. The molecule has 1 fully saturated rings. The minimum Gasteiger partial charge on any atom is -0.478 e. The third kappa shape index (κ3) is 4.28. The number of carbonyl (C=O) groups is 3. The van der Waals surface area contributed by atoms with Gasteiger partial charge in [0, 0.05) is 12.8 Å². The summed E-state index contributed by atoms with van der Waals surface area (Å²) in [7, 11) is 0. The zero-order valence-electron chi connectivity index (χ0n) is 10.4. The second-order valence-corrected chi connectivity index (χ2v) is 3.95. The summed E-state index contributed by atoms with van der Waals surface area (Å²) in [6, 6.07) is 4.06. The molecule has 1 saturated heterocycles. The predicted octanol–water partition coefficient (Wildman–Crippen LogP) is 1.93. The van der Waals surface area contributed by atoms with Crippen molar-refractivity contribution in [1.29, 1.82) is 0 Å². The highest BCUT2D eigenvalue weighted by atomic mass is 19.4. The van der Waals surface area contributed by atoms with Crippen LogP contribution in [0, 0.1) is 0 Å². The molecule has 9 heteroatoms. The molecule has 1 heterocycles. The highest BCUT2D eigenvalue weighted by Gasteiger charge is 2.34. The lowest BCUT2D eigenvalue weighted by molar-refractivity contribution is -0.171. The fourth-order valence-electron chi connectivity index (χ4n) is 1.48. The molecule has 0 unspecified atom stereocenters. The molecule has 0 aromatic heterocycles. The third-order valence-electron chi connectivity index (χ3n) is 2.49. The number of nitrogens with zero attached hydrogens (tertiary/aromatic N) is 1. The second-order valence-electron chi connectivity index (χ2n) is 3.95. The molecule has 0 atom stereocenters. The zero-order chi connectivity index (χ0) is 16.2. The van der Waals surface area contributed by atoms with Crippen molar-refractivity contribution in [1.82, 2.24) is 5.06 Å². The normalized spacial score (nSPS) is 14.8. The number of amides is 2. The van der Waals surface area contributed by atoms with Gasteiger partial charge in [-0.2, -0.15) is 18.2 Å². The average molecular weight is 305 g/mol. The molecule has 1 aromatic carbocycles. The first-order valence-electron chi connectivity index (χ1n) is 5.58. The van der Waals surface area contributed by atoms with Crippen molar-refractivity contribution in [2.45, 2.75) is 19.0 Å². The SMILES string of the molecule is O=C(O)c1ccccc1C(F)(F)F.O=C1CCC(=O)N1O. The summed E-state index contributed by atoms with van der Waals surface area (Å²) in [4.78, 5) is 30.8. The lowest BCUT2D eigenvalue weighted by atomic mass is 10.1. The van der Waals surface area contributed by atoms with E-state index < -0.39 is 35.1 Å². The van der Waals surface area contributed by atoms with Crippen molar-refractivity contribution in [3.8, 4) is 0 Å². The first-order valence-corrected chi connectivity index (χ1v) is 5.58. The molecule has 0 saturated carbocycles. The van der Waals surface area contributed by atoms with Crippen molar-refractivity contribution in [3.05, 3.63) is 35.4 Å². The summed E-state index contributed by atoms with van der Waals surface area (Å²) >= 11 is 0. The number of imide groups is 1. The predicted molar refractivity (Wildman–Crippen MR) is 61.3 cm³/mol. The number of alkyl halides is 3. The molecule has 21 heavy (non-hydrogen) atoms. The number of rotatable bonds is 1. The van der Waals surface area contributed by atoms with Crippen LogP contribution in [0.3, 0.4) is 0 Å². The van der Waals surface area contributed by atoms with E-state index in [0.29, 0.717) is 0 Å². The van der Waals surface area contributed by atoms with Gasteiger partial charge in [0.25, 0.3) is 11.8 Å². The standard InChI is InChI=1S/C8H5F3O2.C4H5NO3/c9-8(10,11)6-4-2-1-3-5(6)7(12)13;6-3-1-2-4(7)5(3)8/h1-4H,(H,12,13);8H,1-2H2. The summed E-state index contributed by atoms with van der Waals surface area (Å²) in [6.07, 6.45) is -4.32. The van der Waals surface area contributed by atoms with Crippen LogP contribution in [0.5, 0.6) is 0 Å². The number of carboxylic acid groups (broad SMARTS) is 1. The van der Waals surface area contributed by atoms with Crippen LogP contribution >= 0.6 is 0 Å². The molecule has 0 spiro atoms. The first kappa shape index (κ1) is 16.6. The monoisotopic (exact) mass is 305 g/mol. The van der Waals surface area contributed by atoms with E-state index in [9.17, 15) is 27.6 Å². The molecule has 2 rings (SSSR count). The van der Waals surface area contributed by atoms with E-state index >= 15 is 0 Å². The molecule has 0 radical (unpaired) electrons. The van der Waals surface area contributed by atoms with Gasteiger partial charge in [0.1, 0.15) is 0 Å². The van der Waals surface area contributed by atoms with Gasteiger partial charge in [-0.25, -0.2) is 4.79 Å². The molecule has 0 bridgehead atoms. The highest BCUT2D eigenvalue weighted by Crippen LogP contribution is 2.31. The van der Waals surface area contributed by atoms with Crippen LogP contribution in [-0.4, -0.2) is 33.2 Å². The molecule has 1 aliphatic rings. The Bertz CT molecular complexity index is 554. The maximum Gasteiger partial charge on any atom is 0.417 e. The Hall–Kier alpha value is -2.42. The number of carbonyl (C=O) groups excluding carboxylic acids is 2. The van der Waals surface area contributed by atoms with Crippen LogP contribution in [0.15, 0.2) is 24.3 Å². The summed E-state index contributed by atoms with van der Waals surface area (Å²) in [5.74, 6) is -2.59. The van der Waals surface area contributed by atoms with Crippen molar-refractivity contribution in [3.63, 3.8) is 0 Å². The molecule has 0 aliphatic carbocycles. The summed E-state index contributed by atoms with van der Waals surface area (Å²) < 4.78 is 36.4. The molecule has 2 amide bonds. The largest absolute Gasteiger partial charge is 0.478 e. The Balaban J connectivity index is 0.000000235. The number of benzene rings is 1. The molecule has 1 aromatic rings. The number of halogens is 3. The Morgan fingerprint density at radius 3 is 1.86 bits per heavy atom.